The molecule has 30 heavy (non-hydrogen) atoms. The molecule has 0 bridgehead atoms. The number of carbonyl (C=O) groups excluding carboxylic acids is 3. The molecule has 0 fully saturated rings. The third-order valence-corrected chi connectivity index (χ3v) is 3.67. The Bertz CT molecular complexity index is 996. The summed E-state index contributed by atoms with van der Waals surface area (Å²) in [4.78, 5) is 45.9. The van der Waals surface area contributed by atoms with Crippen LogP contribution in [0.2, 0.25) is 0 Å². The van der Waals surface area contributed by atoms with Gasteiger partial charge in [0.15, 0.2) is 0 Å². The van der Waals surface area contributed by atoms with Crippen LogP contribution in [0.4, 0.5) is 0 Å². The molecule has 1 aliphatic rings. The van der Waals surface area contributed by atoms with Crippen molar-refractivity contribution in [1.29, 1.82) is 0 Å². The Labute approximate surface area is 170 Å². The van der Waals surface area contributed by atoms with E-state index in [-0.39, 0.29) is 0 Å². The van der Waals surface area contributed by atoms with E-state index in [9.17, 15) is 19.2 Å². The molecule has 0 saturated carbocycles. The first-order valence-corrected chi connectivity index (χ1v) is 8.48. The normalized spacial score (nSPS) is 11.0. The van der Waals surface area contributed by atoms with E-state index >= 15 is 0 Å². The lowest BCUT2D eigenvalue weighted by Crippen LogP contribution is -2.00. The zero-order valence-electron chi connectivity index (χ0n) is 15.4. The van der Waals surface area contributed by atoms with Gasteiger partial charge in [0.05, 0.1) is 22.3 Å². The molecule has 0 saturated heterocycles. The first-order valence-electron chi connectivity index (χ1n) is 8.48. The molecule has 2 N–H and O–H groups in total. The van der Waals surface area contributed by atoms with Crippen LogP contribution in [0.3, 0.4) is 0 Å². The molecule has 3 aromatic rings. The summed E-state index contributed by atoms with van der Waals surface area (Å²) in [6.45, 7) is 0. The maximum Gasteiger partial charge on any atom is 0.372 e. The number of carboxylic acids is 1. The van der Waals surface area contributed by atoms with E-state index in [1.165, 1.54) is 0 Å². The average Bonchev–Trinajstić information content (AvgIpc) is 3.09. The van der Waals surface area contributed by atoms with Crippen LogP contribution in [0.15, 0.2) is 84.9 Å². The third-order valence-electron chi connectivity index (χ3n) is 3.67. The average molecular weight is 408 g/mol. The van der Waals surface area contributed by atoms with Gasteiger partial charge >= 0.3 is 23.9 Å². The van der Waals surface area contributed by atoms with Crippen LogP contribution < -0.4 is 0 Å². The van der Waals surface area contributed by atoms with Crippen LogP contribution in [0.1, 0.15) is 41.4 Å². The minimum Gasteiger partial charge on any atom is -0.478 e. The largest absolute Gasteiger partial charge is 0.478 e. The zero-order chi connectivity index (χ0) is 21.9. The van der Waals surface area contributed by atoms with Crippen molar-refractivity contribution in [3.63, 3.8) is 0 Å². The molecule has 3 aromatic carbocycles. The number of hydrogen-bond donors (Lipinski definition) is 2. The summed E-state index contributed by atoms with van der Waals surface area (Å²) in [6.07, 6.45) is 0. The smallest absolute Gasteiger partial charge is 0.372 e. The van der Waals surface area contributed by atoms with E-state index in [1.807, 2.05) is 0 Å². The van der Waals surface area contributed by atoms with Crippen molar-refractivity contribution >= 4 is 23.9 Å². The molecule has 0 atom stereocenters. The van der Waals surface area contributed by atoms with E-state index in [1.54, 1.807) is 84.9 Å². The number of fused-ring (bicyclic) bond motifs is 1. The van der Waals surface area contributed by atoms with E-state index in [0.29, 0.717) is 22.3 Å². The maximum absolute atomic E-state index is 10.8. The monoisotopic (exact) mass is 408 g/mol. The van der Waals surface area contributed by atoms with Gasteiger partial charge in [0.1, 0.15) is 0 Å². The van der Waals surface area contributed by atoms with Crippen molar-refractivity contribution in [3.05, 3.63) is 107 Å². The molecular weight excluding hydrogens is 392 g/mol. The van der Waals surface area contributed by atoms with Gasteiger partial charge in [-0.25, -0.2) is 19.2 Å². The van der Waals surface area contributed by atoms with E-state index < -0.39 is 23.9 Å². The quantitative estimate of drug-likeness (QED) is 0.284. The number of esters is 2. The van der Waals surface area contributed by atoms with Crippen molar-refractivity contribution in [3.8, 4) is 0 Å². The highest BCUT2D eigenvalue weighted by Gasteiger charge is 2.28. The fourth-order valence-corrected chi connectivity index (χ4v) is 2.24. The summed E-state index contributed by atoms with van der Waals surface area (Å²) in [7, 11) is 0. The van der Waals surface area contributed by atoms with Crippen molar-refractivity contribution in [2.24, 2.45) is 0 Å². The first kappa shape index (κ1) is 22.0. The van der Waals surface area contributed by atoms with Gasteiger partial charge < -0.3 is 9.84 Å². The highest BCUT2D eigenvalue weighted by atomic mass is 17.1. The Morgan fingerprint density at radius 3 is 1.43 bits per heavy atom. The van der Waals surface area contributed by atoms with Crippen LogP contribution >= 0.6 is 0 Å². The second kappa shape index (κ2) is 10.9. The van der Waals surface area contributed by atoms with Crippen molar-refractivity contribution in [1.82, 2.24) is 0 Å². The van der Waals surface area contributed by atoms with E-state index in [2.05, 4.69) is 9.62 Å². The number of ether oxygens (including phenoxy) is 1. The molecule has 0 aromatic heterocycles. The summed E-state index contributed by atoms with van der Waals surface area (Å²) >= 11 is 0. The van der Waals surface area contributed by atoms with Crippen LogP contribution in [-0.4, -0.2) is 34.2 Å². The summed E-state index contributed by atoms with van der Waals surface area (Å²) in [5.41, 5.74) is 1.39. The predicted molar refractivity (Wildman–Crippen MR) is 104 cm³/mol. The number of benzene rings is 3. The summed E-state index contributed by atoms with van der Waals surface area (Å²) in [5, 5.41) is 16.3. The predicted octanol–water partition coefficient (Wildman–Crippen LogP) is 3.70. The van der Waals surface area contributed by atoms with Crippen LogP contribution in [0, 0.1) is 0 Å². The highest BCUT2D eigenvalue weighted by Crippen LogP contribution is 2.18. The Kier molecular flexibility index (Phi) is 7.98. The standard InChI is InChI=1S/C8H4O3.C7H6O3.C7H6O2/c9-7-5-3-1-2-4-6(5)8(10)11-7;8-7(10-9)6-4-2-1-3-5-6;8-7(9)6-4-2-1-3-5-6/h1-4H;1-5,9H;1-5H,(H,8,9). The van der Waals surface area contributed by atoms with Gasteiger partial charge in [0, 0.05) is 0 Å². The Morgan fingerprint density at radius 2 is 1.07 bits per heavy atom. The topological polar surface area (TPSA) is 127 Å². The summed E-state index contributed by atoms with van der Waals surface area (Å²) in [5.74, 6) is -2.72. The lowest BCUT2D eigenvalue weighted by atomic mass is 10.1. The molecule has 0 radical (unpaired) electrons. The van der Waals surface area contributed by atoms with Gasteiger partial charge in [-0.05, 0) is 36.4 Å². The first-order chi connectivity index (χ1) is 14.4. The summed E-state index contributed by atoms with van der Waals surface area (Å²) < 4.78 is 4.35. The number of hydrogen-bond acceptors (Lipinski definition) is 7. The van der Waals surface area contributed by atoms with Gasteiger partial charge in [0.2, 0.25) is 0 Å². The number of carbonyl (C=O) groups is 4. The number of aromatic carboxylic acids is 1. The molecule has 0 unspecified atom stereocenters. The second-order valence-corrected chi connectivity index (χ2v) is 5.64. The van der Waals surface area contributed by atoms with Crippen LogP contribution in [0.25, 0.3) is 0 Å². The Morgan fingerprint density at radius 1 is 0.667 bits per heavy atom. The molecule has 8 nitrogen and oxygen atoms in total. The SMILES string of the molecule is O=C(O)c1ccccc1.O=C(OO)c1ccccc1.O=C1OC(=O)c2ccccc21. The van der Waals surface area contributed by atoms with Crippen LogP contribution in [-0.2, 0) is 9.62 Å². The molecule has 0 aliphatic carbocycles. The molecule has 1 aliphatic heterocycles. The number of carboxylic acid groups (broad SMARTS) is 1. The minimum absolute atomic E-state index is 0.331. The van der Waals surface area contributed by atoms with Gasteiger partial charge in [-0.2, -0.15) is 5.26 Å². The van der Waals surface area contributed by atoms with Crippen molar-refractivity contribution in [2.75, 3.05) is 0 Å². The van der Waals surface area contributed by atoms with Crippen molar-refractivity contribution < 1.29 is 39.2 Å². The molecule has 1 heterocycles. The van der Waals surface area contributed by atoms with Gasteiger partial charge in [-0.3, -0.25) is 4.89 Å². The van der Waals surface area contributed by atoms with Crippen molar-refractivity contribution in [2.45, 2.75) is 0 Å². The maximum atomic E-state index is 10.8. The number of rotatable bonds is 2. The summed E-state index contributed by atoms with van der Waals surface area (Å²) in [6, 6.07) is 23.1. The molecule has 152 valence electrons. The van der Waals surface area contributed by atoms with E-state index in [0.717, 1.165) is 0 Å². The number of cyclic esters (lactones) is 2. The fourth-order valence-electron chi connectivity index (χ4n) is 2.24. The highest BCUT2D eigenvalue weighted by molar-refractivity contribution is 6.14. The van der Waals surface area contributed by atoms with Gasteiger partial charge in [-0.15, -0.1) is 0 Å². The van der Waals surface area contributed by atoms with E-state index in [4.69, 9.17) is 10.4 Å². The fraction of sp³-hybridized carbons (Fsp3) is 0. The molecular formula is C22H16O8. The lowest BCUT2D eigenvalue weighted by molar-refractivity contribution is -0.182. The second-order valence-electron chi connectivity index (χ2n) is 5.64. The molecule has 0 amide bonds. The minimum atomic E-state index is -0.879. The van der Waals surface area contributed by atoms with Gasteiger partial charge in [0.25, 0.3) is 0 Å². The van der Waals surface area contributed by atoms with Gasteiger partial charge in [-0.1, -0.05) is 48.5 Å². The molecule has 0 spiro atoms. The molecule has 8 heteroatoms. The molecule has 4 rings (SSSR count). The third kappa shape index (κ3) is 6.11. The Hall–Kier alpha value is -4.30. The lowest BCUT2D eigenvalue weighted by Gasteiger charge is -1.92. The van der Waals surface area contributed by atoms with Crippen LogP contribution in [0.5, 0.6) is 0 Å². The zero-order valence-corrected chi connectivity index (χ0v) is 15.4. The Balaban J connectivity index is 0.000000161.